The zero-order valence-electron chi connectivity index (χ0n) is 30.7. The van der Waals surface area contributed by atoms with Gasteiger partial charge in [-0.15, -0.1) is 0 Å². The number of carboxylic acids is 1. The Morgan fingerprint density at radius 1 is 0.400 bits per heavy atom. The van der Waals surface area contributed by atoms with E-state index in [0.29, 0.717) is 6.42 Å². The van der Waals surface area contributed by atoms with Crippen molar-refractivity contribution in [1.29, 1.82) is 0 Å². The first-order chi connectivity index (χ1) is 22.1. The van der Waals surface area contributed by atoms with E-state index in [4.69, 9.17) is 9.84 Å². The number of rotatable bonds is 38. The molecule has 4 nitrogen and oxygen atoms in total. The Morgan fingerprint density at radius 3 is 0.978 bits per heavy atom. The second-order valence-electron chi connectivity index (χ2n) is 14.2. The molecule has 268 valence electrons. The van der Waals surface area contributed by atoms with Gasteiger partial charge in [0.25, 0.3) is 0 Å². The molecule has 0 aromatic carbocycles. The average Bonchev–Trinajstić information content (AvgIpc) is 3.02. The maximum absolute atomic E-state index is 12.7. The Balaban J connectivity index is 3.98. The highest BCUT2D eigenvalue weighted by Gasteiger charge is 2.14. The Kier molecular flexibility index (Phi) is 36.5. The maximum Gasteiger partial charge on any atom is 0.306 e. The Morgan fingerprint density at radius 2 is 0.667 bits per heavy atom. The summed E-state index contributed by atoms with van der Waals surface area (Å²) in [5.74, 6) is -0.686. The van der Waals surface area contributed by atoms with E-state index >= 15 is 0 Å². The number of carbonyl (C=O) groups is 2. The summed E-state index contributed by atoms with van der Waals surface area (Å²) >= 11 is 0. The van der Waals surface area contributed by atoms with Gasteiger partial charge in [-0.25, -0.2) is 0 Å². The number of ether oxygens (including phenoxy) is 1. The molecule has 0 spiro atoms. The number of hydrogen-bond donors (Lipinski definition) is 1. The largest absolute Gasteiger partial charge is 0.481 e. The van der Waals surface area contributed by atoms with E-state index in [0.717, 1.165) is 64.2 Å². The van der Waals surface area contributed by atoms with Crippen molar-refractivity contribution in [2.45, 2.75) is 251 Å². The molecule has 45 heavy (non-hydrogen) atoms. The Hall–Kier alpha value is -1.06. The van der Waals surface area contributed by atoms with Crippen LogP contribution < -0.4 is 0 Å². The molecule has 0 radical (unpaired) electrons. The van der Waals surface area contributed by atoms with E-state index in [2.05, 4.69) is 13.8 Å². The van der Waals surface area contributed by atoms with Crippen LogP contribution in [0.15, 0.2) is 0 Å². The standard InChI is InChI=1S/C41H80O4/c1-3-5-7-9-11-13-15-17-19-21-23-25-30-34-38-41(44)45-39(36-32-28-26-29-33-37-40(42)43)35-31-27-24-22-20-18-16-14-12-10-8-6-4-2/h39H,3-38H2,1-2H3,(H,42,43). The molecule has 0 amide bonds. The van der Waals surface area contributed by atoms with E-state index in [9.17, 15) is 9.59 Å². The third-order valence-electron chi connectivity index (χ3n) is 9.58. The van der Waals surface area contributed by atoms with Gasteiger partial charge >= 0.3 is 11.9 Å². The van der Waals surface area contributed by atoms with Crippen LogP contribution in [-0.2, 0) is 14.3 Å². The number of carbonyl (C=O) groups excluding carboxylic acids is 1. The van der Waals surface area contributed by atoms with E-state index in [-0.39, 0.29) is 18.5 Å². The summed E-state index contributed by atoms with van der Waals surface area (Å²) in [5, 5.41) is 8.82. The summed E-state index contributed by atoms with van der Waals surface area (Å²) in [6.45, 7) is 4.56. The molecule has 0 saturated carbocycles. The summed E-state index contributed by atoms with van der Waals surface area (Å²) in [6, 6.07) is 0. The maximum atomic E-state index is 12.7. The van der Waals surface area contributed by atoms with Gasteiger partial charge in [0, 0.05) is 12.8 Å². The summed E-state index contributed by atoms with van der Waals surface area (Å²) < 4.78 is 6.01. The minimum absolute atomic E-state index is 0.00934. The molecule has 0 aliphatic carbocycles. The third-order valence-corrected chi connectivity index (χ3v) is 9.58. The van der Waals surface area contributed by atoms with Crippen molar-refractivity contribution in [3.63, 3.8) is 0 Å². The molecule has 0 bridgehead atoms. The van der Waals surface area contributed by atoms with E-state index < -0.39 is 5.97 Å². The Bertz CT molecular complexity index is 604. The summed E-state index contributed by atoms with van der Waals surface area (Å²) in [4.78, 5) is 23.4. The minimum Gasteiger partial charge on any atom is -0.481 e. The smallest absolute Gasteiger partial charge is 0.306 e. The molecular weight excluding hydrogens is 556 g/mol. The molecule has 0 saturated heterocycles. The minimum atomic E-state index is -0.696. The van der Waals surface area contributed by atoms with Crippen molar-refractivity contribution in [3.05, 3.63) is 0 Å². The third kappa shape index (κ3) is 37.3. The molecule has 1 unspecified atom stereocenters. The Labute approximate surface area is 282 Å². The fourth-order valence-corrected chi connectivity index (χ4v) is 6.54. The van der Waals surface area contributed by atoms with Crippen molar-refractivity contribution in [1.82, 2.24) is 0 Å². The van der Waals surface area contributed by atoms with Gasteiger partial charge in [-0.05, 0) is 38.5 Å². The quantitative estimate of drug-likeness (QED) is 0.0541. The van der Waals surface area contributed by atoms with Gasteiger partial charge in [0.15, 0.2) is 0 Å². The second kappa shape index (κ2) is 37.4. The highest BCUT2D eigenvalue weighted by molar-refractivity contribution is 5.69. The molecule has 0 aliphatic rings. The first kappa shape index (κ1) is 43.9. The fourth-order valence-electron chi connectivity index (χ4n) is 6.54. The number of unbranched alkanes of at least 4 members (excludes halogenated alkanes) is 29. The van der Waals surface area contributed by atoms with Crippen LogP contribution in [0.25, 0.3) is 0 Å². The lowest BCUT2D eigenvalue weighted by Gasteiger charge is -2.18. The van der Waals surface area contributed by atoms with Gasteiger partial charge in [-0.3, -0.25) is 9.59 Å². The molecule has 0 aliphatic heterocycles. The lowest BCUT2D eigenvalue weighted by molar-refractivity contribution is -0.150. The van der Waals surface area contributed by atoms with Crippen molar-refractivity contribution in [2.75, 3.05) is 0 Å². The SMILES string of the molecule is CCCCCCCCCCCCCCCCC(=O)OC(CCCCCCCCCCCCCCC)CCCCCCCC(=O)O. The first-order valence-electron chi connectivity index (χ1n) is 20.5. The van der Waals surface area contributed by atoms with Crippen LogP contribution in [0.1, 0.15) is 245 Å². The predicted molar refractivity (Wildman–Crippen MR) is 195 cm³/mol. The molecule has 0 aromatic heterocycles. The normalized spacial score (nSPS) is 12.0. The number of carboxylic acid groups (broad SMARTS) is 1. The first-order valence-corrected chi connectivity index (χ1v) is 20.5. The monoisotopic (exact) mass is 637 g/mol. The molecule has 4 heteroatoms. The van der Waals surface area contributed by atoms with Crippen LogP contribution >= 0.6 is 0 Å². The van der Waals surface area contributed by atoms with Gasteiger partial charge in [-0.1, -0.05) is 194 Å². The second-order valence-corrected chi connectivity index (χ2v) is 14.2. The van der Waals surface area contributed by atoms with E-state index in [1.165, 1.54) is 154 Å². The highest BCUT2D eigenvalue weighted by atomic mass is 16.5. The molecular formula is C41H80O4. The molecule has 1 atom stereocenters. The van der Waals surface area contributed by atoms with Crippen molar-refractivity contribution < 1.29 is 19.4 Å². The molecule has 0 rings (SSSR count). The summed E-state index contributed by atoms with van der Waals surface area (Å²) in [5.41, 5.74) is 0. The molecule has 0 fully saturated rings. The van der Waals surface area contributed by atoms with E-state index in [1.807, 2.05) is 0 Å². The zero-order valence-corrected chi connectivity index (χ0v) is 30.7. The van der Waals surface area contributed by atoms with Crippen LogP contribution in [0.5, 0.6) is 0 Å². The van der Waals surface area contributed by atoms with Gasteiger partial charge < -0.3 is 9.84 Å². The number of esters is 1. The number of hydrogen-bond acceptors (Lipinski definition) is 3. The molecule has 0 heterocycles. The van der Waals surface area contributed by atoms with Crippen LogP contribution in [0, 0.1) is 0 Å². The van der Waals surface area contributed by atoms with Crippen LogP contribution in [-0.4, -0.2) is 23.1 Å². The van der Waals surface area contributed by atoms with E-state index in [1.54, 1.807) is 0 Å². The topological polar surface area (TPSA) is 63.6 Å². The van der Waals surface area contributed by atoms with Crippen LogP contribution in [0.4, 0.5) is 0 Å². The van der Waals surface area contributed by atoms with Gasteiger partial charge in [-0.2, -0.15) is 0 Å². The zero-order chi connectivity index (χ0) is 32.9. The van der Waals surface area contributed by atoms with Crippen LogP contribution in [0.3, 0.4) is 0 Å². The average molecular weight is 637 g/mol. The summed E-state index contributed by atoms with van der Waals surface area (Å²) in [7, 11) is 0. The van der Waals surface area contributed by atoms with Crippen molar-refractivity contribution >= 4 is 11.9 Å². The van der Waals surface area contributed by atoms with Crippen molar-refractivity contribution in [2.24, 2.45) is 0 Å². The van der Waals surface area contributed by atoms with Crippen molar-refractivity contribution in [3.8, 4) is 0 Å². The molecule has 0 aromatic rings. The fraction of sp³-hybridized carbons (Fsp3) is 0.951. The lowest BCUT2D eigenvalue weighted by atomic mass is 10.0. The van der Waals surface area contributed by atoms with Gasteiger partial charge in [0.2, 0.25) is 0 Å². The van der Waals surface area contributed by atoms with Gasteiger partial charge in [0.1, 0.15) is 6.10 Å². The van der Waals surface area contributed by atoms with Crippen LogP contribution in [0.2, 0.25) is 0 Å². The summed E-state index contributed by atoms with van der Waals surface area (Å²) in [6.07, 6.45) is 44.1. The predicted octanol–water partition coefficient (Wildman–Crippen LogP) is 14.1. The van der Waals surface area contributed by atoms with Gasteiger partial charge in [0.05, 0.1) is 0 Å². The highest BCUT2D eigenvalue weighted by Crippen LogP contribution is 2.19. The molecule has 1 N–H and O–H groups in total. The number of aliphatic carboxylic acids is 1. The lowest BCUT2D eigenvalue weighted by Crippen LogP contribution is -2.18.